The first kappa shape index (κ1) is 12.7. The number of nitrogens with zero attached hydrogens (tertiary/aromatic N) is 2. The molecule has 16 heavy (non-hydrogen) atoms. The van der Waals surface area contributed by atoms with Gasteiger partial charge >= 0.3 is 0 Å². The molecule has 0 aromatic carbocycles. The minimum absolute atomic E-state index is 0.266. The molecule has 3 N–H and O–H groups in total. The molecule has 1 heterocycles. The third-order valence-corrected chi connectivity index (χ3v) is 2.43. The van der Waals surface area contributed by atoms with Crippen molar-refractivity contribution >= 4 is 5.91 Å². The van der Waals surface area contributed by atoms with Crippen molar-refractivity contribution in [1.82, 2.24) is 14.9 Å². The lowest BCUT2D eigenvalue weighted by Crippen LogP contribution is -2.35. The zero-order valence-electron chi connectivity index (χ0n) is 10.1. The van der Waals surface area contributed by atoms with Crippen LogP contribution in [0.3, 0.4) is 0 Å². The third-order valence-electron chi connectivity index (χ3n) is 2.43. The SMILES string of the molecule is CCCNC(C(N)=O)c1cncn1C(C)C. The minimum Gasteiger partial charge on any atom is -0.368 e. The van der Waals surface area contributed by atoms with Crippen molar-refractivity contribution < 1.29 is 4.79 Å². The predicted octanol–water partition coefficient (Wildman–Crippen LogP) is 0.990. The normalized spacial score (nSPS) is 13.0. The number of rotatable bonds is 6. The van der Waals surface area contributed by atoms with E-state index >= 15 is 0 Å². The number of aromatic nitrogens is 2. The van der Waals surface area contributed by atoms with E-state index in [0.717, 1.165) is 18.7 Å². The van der Waals surface area contributed by atoms with Crippen molar-refractivity contribution in [2.24, 2.45) is 5.73 Å². The smallest absolute Gasteiger partial charge is 0.240 e. The van der Waals surface area contributed by atoms with Crippen molar-refractivity contribution in [2.75, 3.05) is 6.54 Å². The van der Waals surface area contributed by atoms with E-state index in [1.54, 1.807) is 12.5 Å². The molecule has 5 heteroatoms. The molecule has 0 fully saturated rings. The fourth-order valence-corrected chi connectivity index (χ4v) is 1.61. The summed E-state index contributed by atoms with van der Waals surface area (Å²) in [5.41, 5.74) is 6.22. The Hall–Kier alpha value is -1.36. The Morgan fingerprint density at radius 3 is 2.81 bits per heavy atom. The summed E-state index contributed by atoms with van der Waals surface area (Å²) in [5, 5.41) is 3.13. The average molecular weight is 224 g/mol. The zero-order chi connectivity index (χ0) is 12.1. The highest BCUT2D eigenvalue weighted by Crippen LogP contribution is 2.16. The van der Waals surface area contributed by atoms with Crippen molar-refractivity contribution in [3.63, 3.8) is 0 Å². The number of hydrogen-bond acceptors (Lipinski definition) is 3. The van der Waals surface area contributed by atoms with E-state index in [9.17, 15) is 4.79 Å². The van der Waals surface area contributed by atoms with Crippen LogP contribution in [-0.4, -0.2) is 22.0 Å². The molecule has 1 aromatic heterocycles. The van der Waals surface area contributed by atoms with Gasteiger partial charge in [-0.2, -0.15) is 0 Å². The summed E-state index contributed by atoms with van der Waals surface area (Å²) in [6, 6.07) is -0.187. The fourth-order valence-electron chi connectivity index (χ4n) is 1.61. The van der Waals surface area contributed by atoms with Gasteiger partial charge < -0.3 is 15.6 Å². The second-order valence-corrected chi connectivity index (χ2v) is 4.11. The van der Waals surface area contributed by atoms with Crippen molar-refractivity contribution in [3.05, 3.63) is 18.2 Å². The van der Waals surface area contributed by atoms with Crippen LogP contribution in [-0.2, 0) is 4.79 Å². The molecule has 1 amide bonds. The van der Waals surface area contributed by atoms with Gasteiger partial charge in [-0.1, -0.05) is 6.92 Å². The Kier molecular flexibility index (Phi) is 4.49. The Morgan fingerprint density at radius 1 is 1.62 bits per heavy atom. The molecule has 0 spiro atoms. The van der Waals surface area contributed by atoms with Crippen LogP contribution in [0.15, 0.2) is 12.5 Å². The van der Waals surface area contributed by atoms with Gasteiger partial charge in [0, 0.05) is 6.04 Å². The van der Waals surface area contributed by atoms with E-state index in [1.165, 1.54) is 0 Å². The molecule has 1 atom stereocenters. The molecule has 1 aromatic rings. The van der Waals surface area contributed by atoms with Crippen LogP contribution in [0, 0.1) is 0 Å². The minimum atomic E-state index is -0.454. The van der Waals surface area contributed by atoms with Gasteiger partial charge in [-0.3, -0.25) is 4.79 Å². The summed E-state index contributed by atoms with van der Waals surface area (Å²) in [6.45, 7) is 6.90. The van der Waals surface area contributed by atoms with Gasteiger partial charge in [-0.25, -0.2) is 4.98 Å². The number of primary amides is 1. The van der Waals surface area contributed by atoms with Gasteiger partial charge in [0.2, 0.25) is 5.91 Å². The van der Waals surface area contributed by atoms with Crippen LogP contribution >= 0.6 is 0 Å². The number of nitrogens with two attached hydrogens (primary N) is 1. The predicted molar refractivity (Wildman–Crippen MR) is 62.8 cm³/mol. The average Bonchev–Trinajstić information content (AvgIpc) is 2.66. The monoisotopic (exact) mass is 224 g/mol. The van der Waals surface area contributed by atoms with Crippen molar-refractivity contribution in [3.8, 4) is 0 Å². The number of amides is 1. The van der Waals surface area contributed by atoms with E-state index in [0.29, 0.717) is 0 Å². The van der Waals surface area contributed by atoms with Crippen molar-refractivity contribution in [1.29, 1.82) is 0 Å². The molecule has 0 aliphatic carbocycles. The van der Waals surface area contributed by atoms with Gasteiger partial charge in [0.05, 0.1) is 18.2 Å². The van der Waals surface area contributed by atoms with Crippen LogP contribution in [0.2, 0.25) is 0 Å². The molecule has 0 bridgehead atoms. The molecule has 1 rings (SSSR count). The summed E-state index contributed by atoms with van der Waals surface area (Å²) in [6.07, 6.45) is 4.38. The lowest BCUT2D eigenvalue weighted by molar-refractivity contribution is -0.120. The summed E-state index contributed by atoms with van der Waals surface area (Å²) in [7, 11) is 0. The fraction of sp³-hybridized carbons (Fsp3) is 0.636. The molecular formula is C11H20N4O. The van der Waals surface area contributed by atoms with Crippen LogP contribution in [0.4, 0.5) is 0 Å². The van der Waals surface area contributed by atoms with Crippen molar-refractivity contribution in [2.45, 2.75) is 39.3 Å². The van der Waals surface area contributed by atoms with Gasteiger partial charge in [-0.05, 0) is 26.8 Å². The van der Waals surface area contributed by atoms with Gasteiger partial charge in [0.25, 0.3) is 0 Å². The largest absolute Gasteiger partial charge is 0.368 e. The number of imidazole rings is 1. The Bertz CT molecular complexity index is 346. The molecule has 0 saturated heterocycles. The molecule has 0 radical (unpaired) electrons. The first-order valence-electron chi connectivity index (χ1n) is 5.62. The number of carbonyl (C=O) groups excluding carboxylic acids is 1. The standard InChI is InChI=1S/C11H20N4O/c1-4-5-14-10(11(12)16)9-6-13-7-15(9)8(2)3/h6-8,10,14H,4-5H2,1-3H3,(H2,12,16). The van der Waals surface area contributed by atoms with E-state index in [1.807, 2.05) is 25.3 Å². The second kappa shape index (κ2) is 5.65. The molecule has 0 aliphatic heterocycles. The summed E-state index contributed by atoms with van der Waals surface area (Å²) < 4.78 is 1.96. The van der Waals surface area contributed by atoms with Crippen LogP contribution in [0.5, 0.6) is 0 Å². The van der Waals surface area contributed by atoms with Gasteiger partial charge in [-0.15, -0.1) is 0 Å². The first-order chi connectivity index (χ1) is 7.57. The highest BCUT2D eigenvalue weighted by atomic mass is 16.1. The van der Waals surface area contributed by atoms with E-state index in [2.05, 4.69) is 10.3 Å². The van der Waals surface area contributed by atoms with E-state index in [4.69, 9.17) is 5.73 Å². The summed E-state index contributed by atoms with van der Waals surface area (Å²) >= 11 is 0. The highest BCUT2D eigenvalue weighted by molar-refractivity contribution is 5.80. The topological polar surface area (TPSA) is 72.9 Å². The maximum atomic E-state index is 11.4. The van der Waals surface area contributed by atoms with Crippen LogP contribution < -0.4 is 11.1 Å². The van der Waals surface area contributed by atoms with Crippen LogP contribution in [0.1, 0.15) is 45.0 Å². The summed E-state index contributed by atoms with van der Waals surface area (Å²) in [4.78, 5) is 15.5. The molecule has 5 nitrogen and oxygen atoms in total. The second-order valence-electron chi connectivity index (χ2n) is 4.11. The lowest BCUT2D eigenvalue weighted by atomic mass is 10.2. The van der Waals surface area contributed by atoms with Crippen LogP contribution in [0.25, 0.3) is 0 Å². The molecule has 90 valence electrons. The van der Waals surface area contributed by atoms with E-state index < -0.39 is 6.04 Å². The summed E-state index contributed by atoms with van der Waals surface area (Å²) in [5.74, 6) is -0.365. The zero-order valence-corrected chi connectivity index (χ0v) is 10.1. The Morgan fingerprint density at radius 2 is 2.31 bits per heavy atom. The quantitative estimate of drug-likeness (QED) is 0.756. The third kappa shape index (κ3) is 2.82. The molecule has 0 aliphatic rings. The highest BCUT2D eigenvalue weighted by Gasteiger charge is 2.21. The van der Waals surface area contributed by atoms with E-state index in [-0.39, 0.29) is 11.9 Å². The van der Waals surface area contributed by atoms with Gasteiger partial charge in [0.15, 0.2) is 0 Å². The Balaban J connectivity index is 2.92. The number of nitrogens with one attached hydrogen (secondary N) is 1. The molecule has 1 unspecified atom stereocenters. The molecule has 0 saturated carbocycles. The van der Waals surface area contributed by atoms with Gasteiger partial charge in [0.1, 0.15) is 6.04 Å². The lowest BCUT2D eigenvalue weighted by Gasteiger charge is -2.19. The number of hydrogen-bond donors (Lipinski definition) is 2. The maximum absolute atomic E-state index is 11.4. The maximum Gasteiger partial charge on any atom is 0.240 e. The number of carbonyl (C=O) groups is 1. The Labute approximate surface area is 96.0 Å². The molecular weight excluding hydrogens is 204 g/mol. The first-order valence-corrected chi connectivity index (χ1v) is 5.62.